The maximum Gasteiger partial charge on any atom is 0.241 e. The molecule has 1 amide bonds. The number of benzene rings is 8. The smallest absolute Gasteiger partial charge is 0.241 e. The van der Waals surface area contributed by atoms with Crippen molar-refractivity contribution in [3.05, 3.63) is 261 Å². The molecular formula is C80H68Cl4F2N18O. The van der Waals surface area contributed by atoms with Crippen LogP contribution in [0.3, 0.4) is 0 Å². The number of aromatic nitrogens is 16. The van der Waals surface area contributed by atoms with Crippen LogP contribution in [0.15, 0.2) is 218 Å². The van der Waals surface area contributed by atoms with Crippen LogP contribution < -0.4 is 5.32 Å². The van der Waals surface area contributed by atoms with Gasteiger partial charge in [-0.05, 0) is 88.1 Å². The summed E-state index contributed by atoms with van der Waals surface area (Å²) >= 11 is 26.9. The average Bonchev–Trinajstić information content (AvgIpc) is 1.59. The van der Waals surface area contributed by atoms with E-state index in [1.165, 1.54) is 29.8 Å². The normalized spacial score (nSPS) is 11.1. The maximum atomic E-state index is 13.2. The van der Waals surface area contributed by atoms with Gasteiger partial charge in [0.05, 0.1) is 41.6 Å². The summed E-state index contributed by atoms with van der Waals surface area (Å²) in [7, 11) is 9.37. The quantitative estimate of drug-likeness (QED) is 0.114. The lowest BCUT2D eigenvalue weighted by Crippen LogP contribution is -2.33. The molecule has 8 heterocycles. The molecule has 19 nitrogen and oxygen atoms in total. The molecule has 0 saturated heterocycles. The Morgan fingerprint density at radius 3 is 1.14 bits per heavy atom. The lowest BCUT2D eigenvalue weighted by molar-refractivity contribution is -0.121. The van der Waals surface area contributed by atoms with Crippen LogP contribution in [0.5, 0.6) is 0 Å². The molecule has 0 aliphatic heterocycles. The number of likely N-dealkylation sites (N-methyl/N-ethyl adjacent to an activating group) is 1. The molecule has 0 spiro atoms. The van der Waals surface area contributed by atoms with E-state index in [2.05, 4.69) is 99.5 Å². The third kappa shape index (κ3) is 15.7. The Kier molecular flexibility index (Phi) is 22.6. The first-order valence-electron chi connectivity index (χ1n) is 32.8. The van der Waals surface area contributed by atoms with Gasteiger partial charge in [0, 0.05) is 78.7 Å². The molecule has 0 unspecified atom stereocenters. The average molecular weight is 1480 g/mol. The number of nitrogens with one attached hydrogen (secondary N) is 1. The zero-order valence-electron chi connectivity index (χ0n) is 57.2. The topological polar surface area (TPSA) is 207 Å². The highest BCUT2D eigenvalue weighted by atomic mass is 35.5. The van der Waals surface area contributed by atoms with E-state index in [-0.39, 0.29) is 31.5 Å². The van der Waals surface area contributed by atoms with Gasteiger partial charge in [-0.1, -0.05) is 223 Å². The van der Waals surface area contributed by atoms with Crippen molar-refractivity contribution in [1.29, 1.82) is 0 Å². The Bertz CT molecular complexity index is 5770. The van der Waals surface area contributed by atoms with E-state index in [4.69, 9.17) is 51.5 Å². The first kappa shape index (κ1) is 73.2. The van der Waals surface area contributed by atoms with Crippen molar-refractivity contribution in [2.45, 2.75) is 27.8 Å². The Labute approximate surface area is 623 Å². The second kappa shape index (κ2) is 32.4. The fraction of sp³-hybridized carbons (Fsp3) is 0.138. The van der Waals surface area contributed by atoms with E-state index in [0.717, 1.165) is 67.6 Å². The Morgan fingerprint density at radius 1 is 0.390 bits per heavy atom. The number of fused-ring (bicyclic) bond motifs is 4. The van der Waals surface area contributed by atoms with E-state index < -0.39 is 0 Å². The van der Waals surface area contributed by atoms with E-state index in [1.807, 2.05) is 179 Å². The number of carbonyl (C=O) groups excluding carboxylic acids is 1. The number of hydrogen-bond acceptors (Lipinski definition) is 14. The summed E-state index contributed by atoms with van der Waals surface area (Å²) in [6.07, 6.45) is 0. The van der Waals surface area contributed by atoms with Crippen LogP contribution in [0.1, 0.15) is 18.6 Å². The third-order valence-electron chi connectivity index (χ3n) is 17.0. The monoisotopic (exact) mass is 1470 g/mol. The second-order valence-corrected chi connectivity index (χ2v) is 26.0. The maximum absolute atomic E-state index is 13.2. The predicted octanol–water partition coefficient (Wildman–Crippen LogP) is 18.1. The van der Waals surface area contributed by atoms with Crippen molar-refractivity contribution in [3.8, 4) is 90.1 Å². The number of halogens is 6. The van der Waals surface area contributed by atoms with Gasteiger partial charge in [0.2, 0.25) is 5.91 Å². The Balaban J connectivity index is 0.000000132. The number of nitrogens with zero attached hydrogens (tertiary/aromatic N) is 17. The number of hydrogen-bond donors (Lipinski definition) is 1. The largest absolute Gasteiger partial charge is 0.353 e. The fourth-order valence-electron chi connectivity index (χ4n) is 11.8. The number of carbonyl (C=O) groups is 1. The second-order valence-electron chi connectivity index (χ2n) is 24.5. The molecule has 526 valence electrons. The van der Waals surface area contributed by atoms with Gasteiger partial charge >= 0.3 is 0 Å². The van der Waals surface area contributed by atoms with Crippen molar-refractivity contribution in [2.75, 3.05) is 27.2 Å². The van der Waals surface area contributed by atoms with E-state index >= 15 is 0 Å². The summed E-state index contributed by atoms with van der Waals surface area (Å²) in [4.78, 5) is 14.5. The van der Waals surface area contributed by atoms with Crippen LogP contribution >= 0.6 is 46.4 Å². The zero-order valence-corrected chi connectivity index (χ0v) is 60.2. The third-order valence-corrected chi connectivity index (χ3v) is 18.4. The van der Waals surface area contributed by atoms with Gasteiger partial charge in [-0.2, -0.15) is 20.4 Å². The molecule has 0 aliphatic carbocycles. The van der Waals surface area contributed by atoms with Gasteiger partial charge in [0.15, 0.2) is 22.6 Å². The SMILES string of the molecule is C.CN(C)CCNC(=O)Cn1nc(-c2ccccc2)c2c(Cl)c(-c3ccccc3)nnc21.Cc1cccc(-c2nn(C)c3nnc(-c4ccccc4)c(Cl)c23)c1.Cc1ccccc1-c1nn(C)c2nnc(-c3ccccc3)c(Cl)c12.Cn1nc(-c2ccc(F)cc2)c2c(Cl)c(-c3ccc(F)cc3)nnc21. The zero-order chi connectivity index (χ0) is 72.7. The number of amides is 1. The Morgan fingerprint density at radius 2 is 0.724 bits per heavy atom. The molecule has 0 fully saturated rings. The lowest BCUT2D eigenvalue weighted by atomic mass is 10.0. The first-order valence-corrected chi connectivity index (χ1v) is 34.3. The number of rotatable bonds is 13. The minimum atomic E-state index is -0.345. The summed E-state index contributed by atoms with van der Waals surface area (Å²) in [5.74, 6) is -0.819. The molecule has 0 radical (unpaired) electrons. The molecule has 8 aromatic carbocycles. The van der Waals surface area contributed by atoms with Gasteiger partial charge in [-0.25, -0.2) is 27.5 Å². The predicted molar refractivity (Wildman–Crippen MR) is 415 cm³/mol. The highest BCUT2D eigenvalue weighted by Gasteiger charge is 2.26. The fourth-order valence-corrected chi connectivity index (χ4v) is 13.1. The van der Waals surface area contributed by atoms with Gasteiger partial charge in [0.25, 0.3) is 0 Å². The van der Waals surface area contributed by atoms with Crippen molar-refractivity contribution >= 4 is 96.4 Å². The summed E-state index contributed by atoms with van der Waals surface area (Å²) in [6, 6.07) is 67.3. The standard InChI is InChI=1S/C23H23ClN6O.2C19H15ClN4.C18H11ClF2N4.CH4/c1-29(2)14-13-25-18(31)15-30-23-19(21(28-30)16-9-5-3-6-10-16)20(24)22(26-27-23)17-11-7-4-8-12-17;1-12-8-6-7-11-14(12)18-15-16(20)17(13-9-4-3-5-10-13)21-22-19(15)24(2)23-18;1-12-7-6-10-14(11-12)17-15-16(20)18(13-8-4-3-5-9-13)21-22-19(15)24(2)23-17;1-25-18-14(16(24-25)10-2-6-12(20)7-3-10)15(19)17(22-23-18)11-4-8-13(21)9-5-11;/h3-12H,13-15H2,1-2H3,(H,25,31);2*3-11H,1-2H3;2-9H,1H3;1H4. The van der Waals surface area contributed by atoms with Crippen molar-refractivity contribution in [3.63, 3.8) is 0 Å². The summed E-state index contributed by atoms with van der Waals surface area (Å²) in [5.41, 5.74) is 17.0. The molecule has 8 aromatic heterocycles. The van der Waals surface area contributed by atoms with Crippen molar-refractivity contribution < 1.29 is 13.6 Å². The van der Waals surface area contributed by atoms with Crippen LogP contribution in [-0.2, 0) is 32.5 Å². The van der Waals surface area contributed by atoms with E-state index in [0.29, 0.717) is 105 Å². The number of aryl methyl sites for hydroxylation is 5. The molecule has 1 N–H and O–H groups in total. The van der Waals surface area contributed by atoms with Gasteiger partial charge < -0.3 is 10.2 Å². The summed E-state index contributed by atoms with van der Waals surface area (Å²) < 4.78 is 33.0. The minimum absolute atomic E-state index is 0. The molecule has 0 aliphatic rings. The lowest BCUT2D eigenvalue weighted by Gasteiger charge is -2.10. The highest BCUT2D eigenvalue weighted by molar-refractivity contribution is 6.40. The van der Waals surface area contributed by atoms with E-state index in [9.17, 15) is 13.6 Å². The van der Waals surface area contributed by atoms with Gasteiger partial charge in [0.1, 0.15) is 63.7 Å². The molecule has 105 heavy (non-hydrogen) atoms. The van der Waals surface area contributed by atoms with Crippen molar-refractivity contribution in [2.24, 2.45) is 21.1 Å². The molecule has 16 aromatic rings. The summed E-state index contributed by atoms with van der Waals surface area (Å²) in [5, 5.41) is 60.8. The van der Waals surface area contributed by atoms with Crippen LogP contribution in [0.25, 0.3) is 134 Å². The van der Waals surface area contributed by atoms with Crippen LogP contribution in [0, 0.1) is 25.5 Å². The first-order chi connectivity index (χ1) is 50.4. The molecule has 0 atom stereocenters. The highest BCUT2D eigenvalue weighted by Crippen LogP contribution is 2.42. The van der Waals surface area contributed by atoms with Crippen LogP contribution in [-0.4, -0.2) is 118 Å². The molecule has 16 rings (SSSR count). The Hall–Kier alpha value is -11.6. The summed E-state index contributed by atoms with van der Waals surface area (Å²) in [6.45, 7) is 5.47. The van der Waals surface area contributed by atoms with Crippen LogP contribution in [0.2, 0.25) is 20.1 Å². The molecular weight excluding hydrogens is 1410 g/mol. The molecule has 0 saturated carbocycles. The van der Waals surface area contributed by atoms with Crippen molar-refractivity contribution in [1.82, 2.24) is 90.1 Å². The van der Waals surface area contributed by atoms with E-state index in [1.54, 1.807) is 50.0 Å². The van der Waals surface area contributed by atoms with Gasteiger partial charge in [-0.15, -0.1) is 40.8 Å². The molecule has 0 bridgehead atoms. The van der Waals surface area contributed by atoms with Gasteiger partial charge in [-0.3, -0.25) is 4.79 Å². The van der Waals surface area contributed by atoms with Crippen LogP contribution in [0.4, 0.5) is 8.78 Å². The minimum Gasteiger partial charge on any atom is -0.353 e. The molecule has 25 heteroatoms.